The van der Waals surface area contributed by atoms with Crippen LogP contribution in [0, 0.1) is 0 Å². The van der Waals surface area contributed by atoms with E-state index < -0.39 is 0 Å². The lowest BCUT2D eigenvalue weighted by molar-refractivity contribution is 0.0930. The molecular weight excluding hydrogens is 398 g/mol. The number of aromatic amines is 2. The molecule has 0 saturated carbocycles. The van der Waals surface area contributed by atoms with Crippen molar-refractivity contribution in [2.45, 2.75) is 38.6 Å². The Hall–Kier alpha value is -3.25. The summed E-state index contributed by atoms with van der Waals surface area (Å²) in [6, 6.07) is 16.5. The first-order valence-electron chi connectivity index (χ1n) is 11.5. The quantitative estimate of drug-likeness (QED) is 0.221. The monoisotopic (exact) mass is 431 g/mol. The number of para-hydroxylation sites is 1. The summed E-state index contributed by atoms with van der Waals surface area (Å²) in [7, 11) is 1.94. The minimum absolute atomic E-state index is 0.0492. The number of amides is 1. The molecule has 4 rings (SSSR count). The molecule has 0 bridgehead atoms. The molecule has 0 spiro atoms. The maximum atomic E-state index is 13.1. The Balaban J connectivity index is 1.48. The molecule has 0 aliphatic carbocycles. The second-order valence-corrected chi connectivity index (χ2v) is 8.39. The number of nitrogens with one attached hydrogen (secondary N) is 5. The molecule has 1 unspecified atom stereocenters. The van der Waals surface area contributed by atoms with Gasteiger partial charge in [-0.25, -0.2) is 0 Å². The number of anilines is 1. The Bertz CT molecular complexity index is 1180. The fraction of sp³-hybridized carbons (Fsp3) is 0.346. The Labute approximate surface area is 189 Å². The topological polar surface area (TPSA) is 84.7 Å². The highest BCUT2D eigenvalue weighted by Gasteiger charge is 2.17. The number of H-pyrrole nitrogens is 2. The van der Waals surface area contributed by atoms with Gasteiger partial charge in [0.15, 0.2) is 0 Å². The van der Waals surface area contributed by atoms with Crippen LogP contribution in [-0.2, 0) is 6.42 Å². The van der Waals surface area contributed by atoms with E-state index in [1.807, 2.05) is 25.2 Å². The van der Waals surface area contributed by atoms with Gasteiger partial charge in [0.1, 0.15) is 5.69 Å². The van der Waals surface area contributed by atoms with E-state index >= 15 is 0 Å². The van der Waals surface area contributed by atoms with Crippen molar-refractivity contribution in [3.05, 3.63) is 66.0 Å². The largest absolute Gasteiger partial charge is 0.384 e. The van der Waals surface area contributed by atoms with Crippen LogP contribution in [0.25, 0.3) is 21.8 Å². The lowest BCUT2D eigenvalue weighted by Crippen LogP contribution is -2.36. The minimum atomic E-state index is -0.0492. The van der Waals surface area contributed by atoms with Crippen LogP contribution in [-0.4, -0.2) is 42.1 Å². The van der Waals surface area contributed by atoms with E-state index in [2.05, 4.69) is 69.4 Å². The molecule has 5 N–H and O–H groups in total. The van der Waals surface area contributed by atoms with Crippen LogP contribution >= 0.6 is 0 Å². The number of unbranched alkanes of at least 4 members (excludes halogenated alkanes) is 1. The fourth-order valence-corrected chi connectivity index (χ4v) is 4.20. The van der Waals surface area contributed by atoms with Gasteiger partial charge in [-0.1, -0.05) is 44.0 Å². The highest BCUT2D eigenvalue weighted by atomic mass is 16.1. The summed E-state index contributed by atoms with van der Waals surface area (Å²) < 4.78 is 0. The number of carbonyl (C=O) groups is 1. The van der Waals surface area contributed by atoms with E-state index in [1.54, 1.807) is 0 Å². The zero-order valence-electron chi connectivity index (χ0n) is 18.9. The summed E-state index contributed by atoms with van der Waals surface area (Å²) in [6.45, 7) is 3.93. The van der Waals surface area contributed by atoms with E-state index in [0.717, 1.165) is 60.9 Å². The zero-order chi connectivity index (χ0) is 22.3. The Morgan fingerprint density at radius 3 is 2.78 bits per heavy atom. The van der Waals surface area contributed by atoms with Crippen molar-refractivity contribution in [2.75, 3.05) is 25.5 Å². The number of likely N-dealkylation sites (N-methyl/N-ethyl adjacent to an activating group) is 1. The number of hydrogen-bond acceptors (Lipinski definition) is 3. The summed E-state index contributed by atoms with van der Waals surface area (Å²) in [5, 5.41) is 12.1. The van der Waals surface area contributed by atoms with Gasteiger partial charge in [-0.05, 0) is 49.7 Å². The first kappa shape index (κ1) is 22.0. The number of benzene rings is 2. The van der Waals surface area contributed by atoms with E-state index in [4.69, 9.17) is 0 Å². The summed E-state index contributed by atoms with van der Waals surface area (Å²) >= 11 is 0. The predicted octanol–water partition coefficient (Wildman–Crippen LogP) is 4.81. The molecule has 0 fully saturated rings. The highest BCUT2D eigenvalue weighted by Crippen LogP contribution is 2.22. The lowest BCUT2D eigenvalue weighted by atomic mass is 10.0. The molecule has 0 radical (unpaired) electrons. The Kier molecular flexibility index (Phi) is 7.12. The first-order valence-corrected chi connectivity index (χ1v) is 11.5. The number of rotatable bonds is 11. The molecule has 2 aromatic heterocycles. The maximum Gasteiger partial charge on any atom is 0.267 e. The molecule has 2 aromatic carbocycles. The molecule has 168 valence electrons. The third kappa shape index (κ3) is 5.14. The van der Waals surface area contributed by atoms with Gasteiger partial charge in [0, 0.05) is 52.8 Å². The van der Waals surface area contributed by atoms with Crippen LogP contribution in [0.5, 0.6) is 0 Å². The maximum absolute atomic E-state index is 13.1. The molecule has 0 saturated heterocycles. The van der Waals surface area contributed by atoms with Crippen molar-refractivity contribution in [1.29, 1.82) is 0 Å². The normalized spacial score (nSPS) is 12.3. The third-order valence-corrected chi connectivity index (χ3v) is 5.95. The summed E-state index contributed by atoms with van der Waals surface area (Å²) in [4.78, 5) is 19.8. The van der Waals surface area contributed by atoms with Crippen LogP contribution in [0.2, 0.25) is 0 Å². The molecular formula is C26H33N5O. The fourth-order valence-electron chi connectivity index (χ4n) is 4.20. The average molecular weight is 432 g/mol. The third-order valence-electron chi connectivity index (χ3n) is 5.95. The van der Waals surface area contributed by atoms with Gasteiger partial charge < -0.3 is 25.9 Å². The van der Waals surface area contributed by atoms with Crippen LogP contribution in [0.15, 0.2) is 54.7 Å². The van der Waals surface area contributed by atoms with Crippen molar-refractivity contribution >= 4 is 33.4 Å². The molecule has 2 heterocycles. The van der Waals surface area contributed by atoms with Gasteiger partial charge in [-0.2, -0.15) is 0 Å². The van der Waals surface area contributed by atoms with Crippen LogP contribution < -0.4 is 16.0 Å². The van der Waals surface area contributed by atoms with Gasteiger partial charge in [0.2, 0.25) is 0 Å². The predicted molar refractivity (Wildman–Crippen MR) is 133 cm³/mol. The second kappa shape index (κ2) is 10.4. The van der Waals surface area contributed by atoms with Crippen molar-refractivity contribution in [3.8, 4) is 0 Å². The van der Waals surface area contributed by atoms with E-state index in [9.17, 15) is 4.79 Å². The number of fused-ring (bicyclic) bond motifs is 2. The van der Waals surface area contributed by atoms with Crippen LogP contribution in [0.4, 0.5) is 5.69 Å². The van der Waals surface area contributed by atoms with E-state index in [0.29, 0.717) is 5.69 Å². The molecule has 6 nitrogen and oxygen atoms in total. The zero-order valence-corrected chi connectivity index (χ0v) is 18.9. The highest BCUT2D eigenvalue weighted by molar-refractivity contribution is 5.98. The second-order valence-electron chi connectivity index (χ2n) is 8.39. The summed E-state index contributed by atoms with van der Waals surface area (Å²) in [5.41, 5.74) is 5.00. The first-order chi connectivity index (χ1) is 15.7. The van der Waals surface area contributed by atoms with Gasteiger partial charge in [-0.15, -0.1) is 0 Å². The van der Waals surface area contributed by atoms with Gasteiger partial charge in [-0.3, -0.25) is 4.79 Å². The Morgan fingerprint density at radius 1 is 1.06 bits per heavy atom. The summed E-state index contributed by atoms with van der Waals surface area (Å²) in [6.07, 6.45) is 6.04. The molecule has 6 heteroatoms. The smallest absolute Gasteiger partial charge is 0.267 e. The van der Waals surface area contributed by atoms with Gasteiger partial charge >= 0.3 is 0 Å². The van der Waals surface area contributed by atoms with Gasteiger partial charge in [0.25, 0.3) is 5.91 Å². The van der Waals surface area contributed by atoms with E-state index in [1.165, 1.54) is 10.9 Å². The Morgan fingerprint density at radius 2 is 1.94 bits per heavy atom. The average Bonchev–Trinajstić information content (AvgIpc) is 3.42. The van der Waals surface area contributed by atoms with E-state index in [-0.39, 0.29) is 11.9 Å². The molecule has 0 aliphatic heterocycles. The lowest BCUT2D eigenvalue weighted by Gasteiger charge is -2.18. The molecule has 1 atom stereocenters. The number of hydrogen-bond donors (Lipinski definition) is 5. The van der Waals surface area contributed by atoms with Crippen molar-refractivity contribution < 1.29 is 4.79 Å². The molecule has 0 aliphatic rings. The van der Waals surface area contributed by atoms with Crippen LogP contribution in [0.3, 0.4) is 0 Å². The van der Waals surface area contributed by atoms with Crippen molar-refractivity contribution in [2.24, 2.45) is 0 Å². The summed E-state index contributed by atoms with van der Waals surface area (Å²) in [5.74, 6) is -0.0492. The minimum Gasteiger partial charge on any atom is -0.384 e. The molecule has 32 heavy (non-hydrogen) atoms. The molecule has 4 aromatic rings. The SMILES string of the molecule is CCCCC(Cc1c[nH]c2ccccc12)NC(=O)c1cc2ccc(NCCNC)cc2[nH]1. The number of aromatic nitrogens is 2. The standard InChI is InChI=1S/C26H33N5O/c1-3-4-7-21(14-19-17-29-23-9-6-5-8-22(19)23)30-26(32)25-15-18-10-11-20(16-24(18)31-25)28-13-12-27-2/h5-6,8-11,15-17,21,27-29,31H,3-4,7,12-14H2,1-2H3,(H,30,32). The number of carbonyl (C=O) groups excluding carboxylic acids is 1. The van der Waals surface area contributed by atoms with Crippen molar-refractivity contribution in [3.63, 3.8) is 0 Å². The van der Waals surface area contributed by atoms with Gasteiger partial charge in [0.05, 0.1) is 0 Å². The van der Waals surface area contributed by atoms with Crippen LogP contribution in [0.1, 0.15) is 42.2 Å². The van der Waals surface area contributed by atoms with Crippen molar-refractivity contribution in [1.82, 2.24) is 20.6 Å². The molecule has 1 amide bonds.